The Kier molecular flexibility index (Phi) is 10.5. The van der Waals surface area contributed by atoms with Crippen LogP contribution in [0.2, 0.25) is 0 Å². The van der Waals surface area contributed by atoms with Gasteiger partial charge in [-0.25, -0.2) is 4.98 Å². The summed E-state index contributed by atoms with van der Waals surface area (Å²) in [4.78, 5) is 11.4. The van der Waals surface area contributed by atoms with Gasteiger partial charge in [0, 0.05) is 43.5 Å². The Labute approximate surface area is 167 Å². The quantitative estimate of drug-likeness (QED) is 0.222. The molecule has 0 aliphatic carbocycles. The largest absolute Gasteiger partial charge is 0.357 e. The molecule has 1 N–H and O–H groups in total. The average molecular weight is 463 g/mol. The molecule has 2 rings (SSSR count). The molecule has 1 aliphatic heterocycles. The standard InChI is InChI=1S/C17H29N5S.HI/c1-4-11-23-12-8-20-17(19-5-2)21-9-6-15(3)16(13-21)22-10-7-18-14-22;/h4,7,10,14-16H,1,5-6,8-9,11-13H2,2-3H3,(H,19,20);1H. The first-order valence-corrected chi connectivity index (χ1v) is 9.61. The van der Waals surface area contributed by atoms with Gasteiger partial charge in [0.15, 0.2) is 5.96 Å². The van der Waals surface area contributed by atoms with Crippen molar-refractivity contribution in [1.29, 1.82) is 0 Å². The molecule has 0 aromatic carbocycles. The molecule has 5 nitrogen and oxygen atoms in total. The van der Waals surface area contributed by atoms with Gasteiger partial charge in [0.2, 0.25) is 0 Å². The molecular formula is C17H30IN5S. The lowest BCUT2D eigenvalue weighted by Crippen LogP contribution is -2.49. The third-order valence-electron chi connectivity index (χ3n) is 4.19. The van der Waals surface area contributed by atoms with Crippen molar-refractivity contribution in [3.05, 3.63) is 31.4 Å². The van der Waals surface area contributed by atoms with E-state index >= 15 is 0 Å². The van der Waals surface area contributed by atoms with Crippen molar-refractivity contribution in [2.75, 3.05) is 37.7 Å². The van der Waals surface area contributed by atoms with E-state index in [0.717, 1.165) is 43.6 Å². The maximum atomic E-state index is 4.80. The number of hydrogen-bond acceptors (Lipinski definition) is 3. The smallest absolute Gasteiger partial charge is 0.194 e. The van der Waals surface area contributed by atoms with Gasteiger partial charge in [0.1, 0.15) is 0 Å². The van der Waals surface area contributed by atoms with Gasteiger partial charge in [0.05, 0.1) is 18.9 Å². The van der Waals surface area contributed by atoms with E-state index < -0.39 is 0 Å². The summed E-state index contributed by atoms with van der Waals surface area (Å²) in [6.45, 7) is 12.0. The fourth-order valence-electron chi connectivity index (χ4n) is 2.90. The molecule has 1 aromatic heterocycles. The summed E-state index contributed by atoms with van der Waals surface area (Å²) in [6, 6.07) is 0.463. The molecule has 2 unspecified atom stereocenters. The molecule has 1 aromatic rings. The third kappa shape index (κ3) is 6.31. The highest BCUT2D eigenvalue weighted by Gasteiger charge is 2.28. The molecule has 7 heteroatoms. The van der Waals surface area contributed by atoms with E-state index in [2.05, 4.69) is 46.4 Å². The van der Waals surface area contributed by atoms with Gasteiger partial charge in [-0.3, -0.25) is 4.99 Å². The Balaban J connectivity index is 0.00000288. The van der Waals surface area contributed by atoms with Crippen molar-refractivity contribution in [2.24, 2.45) is 10.9 Å². The van der Waals surface area contributed by atoms with E-state index in [0.29, 0.717) is 12.0 Å². The van der Waals surface area contributed by atoms with E-state index in [4.69, 9.17) is 4.99 Å². The van der Waals surface area contributed by atoms with Crippen molar-refractivity contribution >= 4 is 41.7 Å². The van der Waals surface area contributed by atoms with Gasteiger partial charge < -0.3 is 14.8 Å². The minimum atomic E-state index is 0. The molecule has 2 atom stereocenters. The average Bonchev–Trinajstić information content (AvgIpc) is 3.08. The highest BCUT2D eigenvalue weighted by atomic mass is 127. The van der Waals surface area contributed by atoms with Gasteiger partial charge >= 0.3 is 0 Å². The van der Waals surface area contributed by atoms with Crippen molar-refractivity contribution in [2.45, 2.75) is 26.3 Å². The first kappa shape index (κ1) is 21.3. The Bertz CT molecular complexity index is 491. The van der Waals surface area contributed by atoms with E-state index in [-0.39, 0.29) is 24.0 Å². The highest BCUT2D eigenvalue weighted by Crippen LogP contribution is 2.27. The van der Waals surface area contributed by atoms with Crippen LogP contribution < -0.4 is 5.32 Å². The predicted octanol–water partition coefficient (Wildman–Crippen LogP) is 3.27. The van der Waals surface area contributed by atoms with Crippen molar-refractivity contribution in [3.63, 3.8) is 0 Å². The molecule has 1 aliphatic rings. The summed E-state index contributed by atoms with van der Waals surface area (Å²) in [7, 11) is 0. The number of piperidine rings is 1. The van der Waals surface area contributed by atoms with Crippen LogP contribution in [0.3, 0.4) is 0 Å². The molecule has 0 amide bonds. The zero-order valence-electron chi connectivity index (χ0n) is 14.7. The highest BCUT2D eigenvalue weighted by molar-refractivity contribution is 14.0. The number of aliphatic imine (C=N–C) groups is 1. The molecule has 2 heterocycles. The first-order valence-electron chi connectivity index (χ1n) is 8.45. The number of nitrogens with zero attached hydrogens (tertiary/aromatic N) is 4. The molecule has 136 valence electrons. The Morgan fingerprint density at radius 3 is 3.04 bits per heavy atom. The molecule has 1 fully saturated rings. The Hall–Kier alpha value is -0.700. The van der Waals surface area contributed by atoms with Crippen LogP contribution in [-0.2, 0) is 0 Å². The molecule has 0 radical (unpaired) electrons. The van der Waals surface area contributed by atoms with Gasteiger partial charge in [-0.05, 0) is 19.3 Å². The number of thioether (sulfide) groups is 1. The zero-order chi connectivity index (χ0) is 16.5. The lowest BCUT2D eigenvalue weighted by molar-refractivity contribution is 0.189. The van der Waals surface area contributed by atoms with Crippen LogP contribution in [0.25, 0.3) is 0 Å². The summed E-state index contributed by atoms with van der Waals surface area (Å²) in [5.74, 6) is 3.74. The van der Waals surface area contributed by atoms with Crippen LogP contribution >= 0.6 is 35.7 Å². The number of rotatable bonds is 7. The SMILES string of the molecule is C=CCSCCN=C(NCC)N1CCC(C)C(n2ccnc2)C1.I. The van der Waals surface area contributed by atoms with Gasteiger partial charge in [-0.2, -0.15) is 11.8 Å². The fourth-order valence-corrected chi connectivity index (χ4v) is 3.46. The second-order valence-corrected chi connectivity index (χ2v) is 7.04. The molecule has 0 saturated carbocycles. The maximum Gasteiger partial charge on any atom is 0.194 e. The number of guanidine groups is 1. The van der Waals surface area contributed by atoms with Gasteiger partial charge in [0.25, 0.3) is 0 Å². The summed E-state index contributed by atoms with van der Waals surface area (Å²) in [5.41, 5.74) is 0. The minimum Gasteiger partial charge on any atom is -0.357 e. The van der Waals surface area contributed by atoms with Crippen molar-refractivity contribution in [1.82, 2.24) is 19.8 Å². The van der Waals surface area contributed by atoms with Crippen molar-refractivity contribution in [3.8, 4) is 0 Å². The van der Waals surface area contributed by atoms with Gasteiger partial charge in [-0.15, -0.1) is 30.6 Å². The molecule has 0 bridgehead atoms. The topological polar surface area (TPSA) is 45.5 Å². The van der Waals surface area contributed by atoms with E-state index in [9.17, 15) is 0 Å². The number of nitrogens with one attached hydrogen (secondary N) is 1. The summed E-state index contributed by atoms with van der Waals surface area (Å²) >= 11 is 1.88. The molecule has 0 spiro atoms. The Morgan fingerprint density at radius 1 is 1.54 bits per heavy atom. The summed E-state index contributed by atoms with van der Waals surface area (Å²) < 4.78 is 2.24. The third-order valence-corrected chi connectivity index (χ3v) is 5.14. The fraction of sp³-hybridized carbons (Fsp3) is 0.647. The maximum absolute atomic E-state index is 4.80. The number of likely N-dealkylation sites (tertiary alicyclic amines) is 1. The van der Waals surface area contributed by atoms with E-state index in [1.807, 2.05) is 30.4 Å². The van der Waals surface area contributed by atoms with Crippen LogP contribution in [0.5, 0.6) is 0 Å². The predicted molar refractivity (Wildman–Crippen MR) is 116 cm³/mol. The monoisotopic (exact) mass is 463 g/mol. The number of imidazole rings is 1. The van der Waals surface area contributed by atoms with Crippen molar-refractivity contribution < 1.29 is 0 Å². The summed E-state index contributed by atoms with van der Waals surface area (Å²) in [5, 5.41) is 3.45. The van der Waals surface area contributed by atoms with Crippen LogP contribution in [0.4, 0.5) is 0 Å². The first-order chi connectivity index (χ1) is 11.3. The molecule has 1 saturated heterocycles. The minimum absolute atomic E-state index is 0. The van der Waals surface area contributed by atoms with Crippen LogP contribution in [0.1, 0.15) is 26.3 Å². The normalized spacial score (nSPS) is 21.2. The Morgan fingerprint density at radius 2 is 2.38 bits per heavy atom. The number of halogens is 1. The molecular weight excluding hydrogens is 433 g/mol. The molecule has 24 heavy (non-hydrogen) atoms. The van der Waals surface area contributed by atoms with Gasteiger partial charge in [-0.1, -0.05) is 13.0 Å². The van der Waals surface area contributed by atoms with Crippen LogP contribution in [0, 0.1) is 5.92 Å². The number of hydrogen-bond donors (Lipinski definition) is 1. The summed E-state index contributed by atoms with van der Waals surface area (Å²) in [6.07, 6.45) is 8.99. The van der Waals surface area contributed by atoms with E-state index in [1.165, 1.54) is 6.42 Å². The second-order valence-electron chi connectivity index (χ2n) is 5.89. The zero-order valence-corrected chi connectivity index (χ0v) is 17.9. The number of aromatic nitrogens is 2. The lowest BCUT2D eigenvalue weighted by Gasteiger charge is -2.39. The van der Waals surface area contributed by atoms with Crippen LogP contribution in [0.15, 0.2) is 36.4 Å². The van der Waals surface area contributed by atoms with E-state index in [1.54, 1.807) is 0 Å². The lowest BCUT2D eigenvalue weighted by atomic mass is 9.93. The second kappa shape index (κ2) is 11.8. The van der Waals surface area contributed by atoms with Crippen LogP contribution in [-0.4, -0.2) is 58.1 Å².